The third-order valence-corrected chi connectivity index (χ3v) is 4.39. The van der Waals surface area contributed by atoms with Crippen molar-refractivity contribution in [1.29, 1.82) is 0 Å². The number of hydrogen-bond donors (Lipinski definition) is 2. The van der Waals surface area contributed by atoms with Crippen molar-refractivity contribution < 1.29 is 4.79 Å². The maximum absolute atomic E-state index is 12.3. The van der Waals surface area contributed by atoms with E-state index in [-0.39, 0.29) is 5.91 Å². The Balaban J connectivity index is 1.43. The van der Waals surface area contributed by atoms with Crippen LogP contribution in [0.15, 0.2) is 79.1 Å². The minimum atomic E-state index is -0.0636. The highest BCUT2D eigenvalue weighted by Gasteiger charge is 2.06. The van der Waals surface area contributed by atoms with Gasteiger partial charge in [-0.25, -0.2) is 4.98 Å². The lowest BCUT2D eigenvalue weighted by Crippen LogP contribution is -2.14. The minimum Gasteiger partial charge on any atom is -0.338 e. The van der Waals surface area contributed by atoms with Gasteiger partial charge >= 0.3 is 0 Å². The SMILES string of the molecule is Cc1cccc(CC(=O)Nc2ccc(Nc3cccc4cccnc34)nc2)c1. The van der Waals surface area contributed by atoms with Gasteiger partial charge in [-0.15, -0.1) is 0 Å². The number of fused-ring (bicyclic) bond motifs is 1. The van der Waals surface area contributed by atoms with Crippen molar-refractivity contribution in [3.8, 4) is 0 Å². The summed E-state index contributed by atoms with van der Waals surface area (Å²) in [4.78, 5) is 21.1. The second kappa shape index (κ2) is 7.88. The lowest BCUT2D eigenvalue weighted by molar-refractivity contribution is -0.115. The molecule has 5 heteroatoms. The fourth-order valence-electron chi connectivity index (χ4n) is 3.10. The standard InChI is InChI=1S/C23H20N4O/c1-16-5-2-6-17(13-16)14-22(28)26-19-10-11-21(25-15-19)27-20-9-3-7-18-8-4-12-24-23(18)20/h2-13,15H,14H2,1H3,(H,25,27)(H,26,28). The first-order valence-electron chi connectivity index (χ1n) is 9.09. The summed E-state index contributed by atoms with van der Waals surface area (Å²) in [6.45, 7) is 2.02. The Kier molecular flexibility index (Phi) is 4.97. The summed E-state index contributed by atoms with van der Waals surface area (Å²) in [6.07, 6.45) is 3.76. The monoisotopic (exact) mass is 368 g/mol. The van der Waals surface area contributed by atoms with Gasteiger partial charge in [0.15, 0.2) is 0 Å². The first-order chi connectivity index (χ1) is 13.7. The third-order valence-electron chi connectivity index (χ3n) is 4.39. The molecule has 0 saturated carbocycles. The molecule has 0 fully saturated rings. The molecular formula is C23H20N4O. The predicted octanol–water partition coefficient (Wildman–Crippen LogP) is 4.86. The van der Waals surface area contributed by atoms with E-state index in [1.54, 1.807) is 12.4 Å². The summed E-state index contributed by atoms with van der Waals surface area (Å²) >= 11 is 0. The van der Waals surface area contributed by atoms with Crippen LogP contribution in [0.5, 0.6) is 0 Å². The first-order valence-corrected chi connectivity index (χ1v) is 9.09. The van der Waals surface area contributed by atoms with Crippen LogP contribution in [0.3, 0.4) is 0 Å². The Hall–Kier alpha value is -3.73. The molecule has 2 aromatic heterocycles. The topological polar surface area (TPSA) is 66.9 Å². The van der Waals surface area contributed by atoms with Crippen LogP contribution < -0.4 is 10.6 Å². The Morgan fingerprint density at radius 1 is 0.964 bits per heavy atom. The van der Waals surface area contributed by atoms with E-state index in [9.17, 15) is 4.79 Å². The normalized spacial score (nSPS) is 10.6. The number of nitrogens with one attached hydrogen (secondary N) is 2. The van der Waals surface area contributed by atoms with E-state index in [2.05, 4.69) is 20.6 Å². The largest absolute Gasteiger partial charge is 0.338 e. The number of benzene rings is 2. The number of amides is 1. The number of nitrogens with zero attached hydrogens (tertiary/aromatic N) is 2. The van der Waals surface area contributed by atoms with Gasteiger partial charge in [-0.1, -0.05) is 48.0 Å². The molecule has 0 spiro atoms. The van der Waals surface area contributed by atoms with E-state index in [1.165, 1.54) is 0 Å². The summed E-state index contributed by atoms with van der Waals surface area (Å²) in [6, 6.07) is 21.5. The van der Waals surface area contributed by atoms with Gasteiger partial charge < -0.3 is 10.6 Å². The average Bonchev–Trinajstić information content (AvgIpc) is 2.70. The predicted molar refractivity (Wildman–Crippen MR) is 113 cm³/mol. The Morgan fingerprint density at radius 3 is 2.64 bits per heavy atom. The van der Waals surface area contributed by atoms with Crippen LogP contribution in [0, 0.1) is 6.92 Å². The Labute approximate surface area is 163 Å². The molecule has 4 aromatic rings. The highest BCUT2D eigenvalue weighted by molar-refractivity contribution is 5.93. The number of para-hydroxylation sites is 1. The number of anilines is 3. The zero-order valence-electron chi connectivity index (χ0n) is 15.5. The third kappa shape index (κ3) is 4.15. The van der Waals surface area contributed by atoms with E-state index < -0.39 is 0 Å². The molecule has 5 nitrogen and oxygen atoms in total. The highest BCUT2D eigenvalue weighted by Crippen LogP contribution is 2.24. The second-order valence-electron chi connectivity index (χ2n) is 6.65. The molecule has 28 heavy (non-hydrogen) atoms. The quantitative estimate of drug-likeness (QED) is 0.528. The van der Waals surface area contributed by atoms with Gasteiger partial charge in [0.2, 0.25) is 5.91 Å². The van der Waals surface area contributed by atoms with Crippen molar-refractivity contribution in [1.82, 2.24) is 9.97 Å². The van der Waals surface area contributed by atoms with Crippen molar-refractivity contribution in [2.45, 2.75) is 13.3 Å². The molecular weight excluding hydrogens is 348 g/mol. The number of carbonyl (C=O) groups excluding carboxylic acids is 1. The van der Waals surface area contributed by atoms with E-state index in [0.29, 0.717) is 17.9 Å². The van der Waals surface area contributed by atoms with E-state index in [1.807, 2.05) is 73.7 Å². The summed E-state index contributed by atoms with van der Waals surface area (Å²) < 4.78 is 0. The minimum absolute atomic E-state index is 0.0636. The summed E-state index contributed by atoms with van der Waals surface area (Å²) in [5.74, 6) is 0.626. The van der Waals surface area contributed by atoms with Crippen molar-refractivity contribution in [2.75, 3.05) is 10.6 Å². The smallest absolute Gasteiger partial charge is 0.228 e. The molecule has 0 bridgehead atoms. The van der Waals surface area contributed by atoms with Gasteiger partial charge in [0.05, 0.1) is 29.5 Å². The van der Waals surface area contributed by atoms with E-state index in [4.69, 9.17) is 0 Å². The molecule has 2 heterocycles. The molecule has 0 aliphatic rings. The molecule has 0 aliphatic carbocycles. The van der Waals surface area contributed by atoms with Crippen LogP contribution in [0.1, 0.15) is 11.1 Å². The lowest BCUT2D eigenvalue weighted by Gasteiger charge is -2.10. The summed E-state index contributed by atoms with van der Waals surface area (Å²) in [5, 5.41) is 7.24. The maximum Gasteiger partial charge on any atom is 0.228 e. The van der Waals surface area contributed by atoms with Crippen LogP contribution in [0.25, 0.3) is 10.9 Å². The van der Waals surface area contributed by atoms with Crippen LogP contribution in [-0.2, 0) is 11.2 Å². The average molecular weight is 368 g/mol. The van der Waals surface area contributed by atoms with E-state index >= 15 is 0 Å². The number of rotatable bonds is 5. The zero-order chi connectivity index (χ0) is 19.3. The fraction of sp³-hybridized carbons (Fsp3) is 0.0870. The van der Waals surface area contributed by atoms with E-state index in [0.717, 1.165) is 27.7 Å². The maximum atomic E-state index is 12.3. The molecule has 2 N–H and O–H groups in total. The molecule has 1 amide bonds. The van der Waals surface area contributed by atoms with Crippen molar-refractivity contribution in [2.24, 2.45) is 0 Å². The van der Waals surface area contributed by atoms with Crippen LogP contribution in [0.4, 0.5) is 17.2 Å². The summed E-state index contributed by atoms with van der Waals surface area (Å²) in [5.41, 5.74) is 4.58. The van der Waals surface area contributed by atoms with Gasteiger partial charge in [-0.2, -0.15) is 0 Å². The zero-order valence-corrected chi connectivity index (χ0v) is 15.5. The number of hydrogen-bond acceptors (Lipinski definition) is 4. The number of aryl methyl sites for hydroxylation is 1. The second-order valence-corrected chi connectivity index (χ2v) is 6.65. The number of aromatic nitrogens is 2. The Bertz CT molecular complexity index is 1120. The van der Waals surface area contributed by atoms with Gasteiger partial charge in [0.1, 0.15) is 5.82 Å². The van der Waals surface area contributed by atoms with Crippen LogP contribution >= 0.6 is 0 Å². The number of pyridine rings is 2. The molecule has 0 saturated heterocycles. The molecule has 0 radical (unpaired) electrons. The molecule has 4 rings (SSSR count). The van der Waals surface area contributed by atoms with Gasteiger partial charge in [-0.05, 0) is 36.8 Å². The Morgan fingerprint density at radius 2 is 1.82 bits per heavy atom. The first kappa shape index (κ1) is 17.7. The van der Waals surface area contributed by atoms with Crippen molar-refractivity contribution in [3.05, 3.63) is 90.3 Å². The highest BCUT2D eigenvalue weighted by atomic mass is 16.1. The van der Waals surface area contributed by atoms with Gasteiger partial charge in [-0.3, -0.25) is 9.78 Å². The molecule has 2 aromatic carbocycles. The van der Waals surface area contributed by atoms with Gasteiger partial charge in [0.25, 0.3) is 0 Å². The fourth-order valence-corrected chi connectivity index (χ4v) is 3.10. The van der Waals surface area contributed by atoms with Crippen molar-refractivity contribution in [3.63, 3.8) is 0 Å². The van der Waals surface area contributed by atoms with Crippen LogP contribution in [-0.4, -0.2) is 15.9 Å². The van der Waals surface area contributed by atoms with Crippen LogP contribution in [0.2, 0.25) is 0 Å². The van der Waals surface area contributed by atoms with Gasteiger partial charge in [0, 0.05) is 11.6 Å². The molecule has 138 valence electrons. The molecule has 0 atom stereocenters. The summed E-state index contributed by atoms with van der Waals surface area (Å²) in [7, 11) is 0. The number of carbonyl (C=O) groups is 1. The molecule has 0 aliphatic heterocycles. The molecule has 0 unspecified atom stereocenters. The van der Waals surface area contributed by atoms with Crippen molar-refractivity contribution >= 4 is 34.0 Å². The lowest BCUT2D eigenvalue weighted by atomic mass is 10.1.